The molecule has 0 aliphatic carbocycles. The fraction of sp³-hybridized carbons (Fsp3) is 0.438. The van der Waals surface area contributed by atoms with Crippen LogP contribution in [0.4, 0.5) is 0 Å². The highest BCUT2D eigenvalue weighted by atomic mass is 32.2. The molecule has 20 heavy (non-hydrogen) atoms. The molecular formula is C16H25N3S. The minimum atomic E-state index is 0.799. The van der Waals surface area contributed by atoms with E-state index < -0.39 is 0 Å². The van der Waals surface area contributed by atoms with Crippen molar-refractivity contribution in [2.24, 2.45) is 4.99 Å². The first-order valence-corrected chi connectivity index (χ1v) is 8.09. The van der Waals surface area contributed by atoms with E-state index in [1.807, 2.05) is 13.1 Å². The Morgan fingerprint density at radius 1 is 1.40 bits per heavy atom. The van der Waals surface area contributed by atoms with Gasteiger partial charge >= 0.3 is 0 Å². The molecule has 1 aromatic carbocycles. The van der Waals surface area contributed by atoms with E-state index in [2.05, 4.69) is 59.4 Å². The maximum absolute atomic E-state index is 4.32. The van der Waals surface area contributed by atoms with E-state index in [1.54, 1.807) is 11.8 Å². The molecule has 0 saturated heterocycles. The molecule has 0 atom stereocenters. The van der Waals surface area contributed by atoms with Gasteiger partial charge in [-0.15, -0.1) is 18.3 Å². The minimum absolute atomic E-state index is 0.799. The zero-order valence-electron chi connectivity index (χ0n) is 12.7. The van der Waals surface area contributed by atoms with Crippen LogP contribution in [0.5, 0.6) is 0 Å². The Bertz CT molecular complexity index is 426. The molecule has 0 spiro atoms. The Morgan fingerprint density at radius 2 is 2.10 bits per heavy atom. The van der Waals surface area contributed by atoms with Gasteiger partial charge in [0.05, 0.1) is 0 Å². The van der Waals surface area contributed by atoms with Gasteiger partial charge < -0.3 is 10.2 Å². The van der Waals surface area contributed by atoms with Crippen LogP contribution in [0.15, 0.2) is 46.8 Å². The van der Waals surface area contributed by atoms with Gasteiger partial charge in [-0.1, -0.05) is 18.2 Å². The number of nitrogens with zero attached hydrogens (tertiary/aromatic N) is 2. The summed E-state index contributed by atoms with van der Waals surface area (Å²) in [4.78, 5) is 7.76. The monoisotopic (exact) mass is 291 g/mol. The second-order valence-electron chi connectivity index (χ2n) is 4.60. The smallest absolute Gasteiger partial charge is 0.193 e. The fourth-order valence-electron chi connectivity index (χ4n) is 1.89. The molecule has 0 amide bonds. The van der Waals surface area contributed by atoms with Crippen LogP contribution >= 0.6 is 11.8 Å². The quantitative estimate of drug-likeness (QED) is 0.274. The lowest BCUT2D eigenvalue weighted by Gasteiger charge is -2.21. The van der Waals surface area contributed by atoms with Crippen molar-refractivity contribution in [1.29, 1.82) is 0 Å². The van der Waals surface area contributed by atoms with Gasteiger partial charge in [-0.05, 0) is 36.8 Å². The fourth-order valence-corrected chi connectivity index (χ4v) is 2.30. The summed E-state index contributed by atoms with van der Waals surface area (Å²) in [5, 5.41) is 3.39. The Kier molecular flexibility index (Phi) is 7.88. The second kappa shape index (κ2) is 9.48. The largest absolute Gasteiger partial charge is 0.352 e. The van der Waals surface area contributed by atoms with Crippen molar-refractivity contribution in [3.05, 3.63) is 42.5 Å². The van der Waals surface area contributed by atoms with Gasteiger partial charge in [-0.3, -0.25) is 4.99 Å². The topological polar surface area (TPSA) is 27.6 Å². The molecule has 110 valence electrons. The highest BCUT2D eigenvalue weighted by molar-refractivity contribution is 7.98. The lowest BCUT2D eigenvalue weighted by Crippen LogP contribution is -2.38. The third-order valence-electron chi connectivity index (χ3n) is 3.08. The number of benzene rings is 1. The van der Waals surface area contributed by atoms with Gasteiger partial charge in [0.15, 0.2) is 5.96 Å². The molecule has 0 heterocycles. The molecule has 0 aromatic heterocycles. The van der Waals surface area contributed by atoms with E-state index in [0.29, 0.717) is 0 Å². The maximum atomic E-state index is 4.32. The maximum Gasteiger partial charge on any atom is 0.193 e. The summed E-state index contributed by atoms with van der Waals surface area (Å²) in [6.07, 6.45) is 6.19. The summed E-state index contributed by atoms with van der Waals surface area (Å²) in [6, 6.07) is 8.62. The molecule has 3 nitrogen and oxygen atoms in total. The van der Waals surface area contributed by atoms with E-state index in [1.165, 1.54) is 10.5 Å². The van der Waals surface area contributed by atoms with Crippen molar-refractivity contribution >= 4 is 17.7 Å². The summed E-state index contributed by atoms with van der Waals surface area (Å²) in [5.41, 5.74) is 1.27. The molecule has 0 radical (unpaired) electrons. The number of nitrogens with one attached hydrogen (secondary N) is 1. The molecule has 0 saturated carbocycles. The van der Waals surface area contributed by atoms with Crippen molar-refractivity contribution in [2.75, 3.05) is 26.9 Å². The first-order valence-electron chi connectivity index (χ1n) is 6.87. The van der Waals surface area contributed by atoms with Gasteiger partial charge in [0, 0.05) is 32.1 Å². The Labute approximate surface area is 127 Å². The van der Waals surface area contributed by atoms with E-state index in [4.69, 9.17) is 0 Å². The second-order valence-corrected chi connectivity index (χ2v) is 5.48. The predicted molar refractivity (Wildman–Crippen MR) is 90.5 cm³/mol. The predicted octanol–water partition coefficient (Wildman–Crippen LogP) is 3.38. The van der Waals surface area contributed by atoms with Crippen LogP contribution in [-0.4, -0.2) is 37.8 Å². The number of hydrogen-bond acceptors (Lipinski definition) is 2. The van der Waals surface area contributed by atoms with Crippen LogP contribution < -0.4 is 5.32 Å². The van der Waals surface area contributed by atoms with Gasteiger partial charge in [0.25, 0.3) is 0 Å². The van der Waals surface area contributed by atoms with Crippen molar-refractivity contribution in [1.82, 2.24) is 10.2 Å². The summed E-state index contributed by atoms with van der Waals surface area (Å²) in [7, 11) is 3.89. The average Bonchev–Trinajstić information content (AvgIpc) is 2.49. The van der Waals surface area contributed by atoms with E-state index in [0.717, 1.165) is 31.9 Å². The van der Waals surface area contributed by atoms with Crippen LogP contribution in [0.25, 0.3) is 0 Å². The third-order valence-corrected chi connectivity index (χ3v) is 3.83. The standard InChI is InChI=1S/C16H25N3S/c1-5-6-7-12-19(3)16(17-2)18-13-14-8-10-15(20-4)11-9-14/h5,8-11H,1,6-7,12-13H2,2-4H3,(H,17,18). The Morgan fingerprint density at radius 3 is 2.65 bits per heavy atom. The van der Waals surface area contributed by atoms with Crippen molar-refractivity contribution < 1.29 is 0 Å². The van der Waals surface area contributed by atoms with Gasteiger partial charge in [-0.25, -0.2) is 0 Å². The lowest BCUT2D eigenvalue weighted by molar-refractivity contribution is 0.470. The van der Waals surface area contributed by atoms with E-state index in [-0.39, 0.29) is 0 Å². The van der Waals surface area contributed by atoms with Gasteiger partial charge in [0.1, 0.15) is 0 Å². The molecule has 0 unspecified atom stereocenters. The average molecular weight is 291 g/mol. The lowest BCUT2D eigenvalue weighted by atomic mass is 10.2. The molecule has 0 aliphatic heterocycles. The molecule has 0 bridgehead atoms. The molecule has 0 fully saturated rings. The Hall–Kier alpha value is -1.42. The van der Waals surface area contributed by atoms with Gasteiger partial charge in [-0.2, -0.15) is 0 Å². The number of aliphatic imine (C=N–C) groups is 1. The number of hydrogen-bond donors (Lipinski definition) is 1. The molecule has 1 aromatic rings. The number of guanidine groups is 1. The van der Waals surface area contributed by atoms with Crippen LogP contribution in [0.3, 0.4) is 0 Å². The van der Waals surface area contributed by atoms with E-state index >= 15 is 0 Å². The highest BCUT2D eigenvalue weighted by Gasteiger charge is 2.04. The summed E-state index contributed by atoms with van der Waals surface area (Å²) in [5.74, 6) is 0.933. The molecule has 4 heteroatoms. The first-order chi connectivity index (χ1) is 9.71. The van der Waals surface area contributed by atoms with Crippen molar-refractivity contribution in [3.63, 3.8) is 0 Å². The number of allylic oxidation sites excluding steroid dienone is 1. The highest BCUT2D eigenvalue weighted by Crippen LogP contribution is 2.14. The van der Waals surface area contributed by atoms with Gasteiger partial charge in [0.2, 0.25) is 0 Å². The molecule has 0 aliphatic rings. The normalized spacial score (nSPS) is 11.2. The minimum Gasteiger partial charge on any atom is -0.352 e. The summed E-state index contributed by atoms with van der Waals surface area (Å²) in [6.45, 7) is 5.53. The van der Waals surface area contributed by atoms with Crippen molar-refractivity contribution in [2.45, 2.75) is 24.3 Å². The summed E-state index contributed by atoms with van der Waals surface area (Å²) < 4.78 is 0. The third kappa shape index (κ3) is 5.70. The van der Waals surface area contributed by atoms with Crippen LogP contribution in [0.1, 0.15) is 18.4 Å². The SMILES string of the molecule is C=CCCCN(C)C(=NC)NCc1ccc(SC)cc1. The number of unbranched alkanes of at least 4 members (excludes halogenated alkanes) is 1. The zero-order valence-corrected chi connectivity index (χ0v) is 13.5. The molecular weight excluding hydrogens is 266 g/mol. The summed E-state index contributed by atoms with van der Waals surface area (Å²) >= 11 is 1.76. The van der Waals surface area contributed by atoms with Crippen molar-refractivity contribution in [3.8, 4) is 0 Å². The molecule has 1 N–H and O–H groups in total. The first kappa shape index (κ1) is 16.6. The Balaban J connectivity index is 2.45. The van der Waals surface area contributed by atoms with E-state index in [9.17, 15) is 0 Å². The van der Waals surface area contributed by atoms with Crippen LogP contribution in [-0.2, 0) is 6.54 Å². The number of thioether (sulfide) groups is 1. The van der Waals surface area contributed by atoms with Crippen LogP contribution in [0, 0.1) is 0 Å². The number of rotatable bonds is 7. The zero-order chi connectivity index (χ0) is 14.8. The van der Waals surface area contributed by atoms with Crippen LogP contribution in [0.2, 0.25) is 0 Å². The molecule has 1 rings (SSSR count).